The van der Waals surface area contributed by atoms with Crippen LogP contribution in [-0.4, -0.2) is 46.7 Å². The zero-order valence-electron chi connectivity index (χ0n) is 15.4. The number of non-ortho nitro benzene ring substituents is 1. The Morgan fingerprint density at radius 1 is 1.19 bits per heavy atom. The van der Waals surface area contributed by atoms with Crippen molar-refractivity contribution >= 4 is 17.6 Å². The van der Waals surface area contributed by atoms with Gasteiger partial charge in [0, 0.05) is 31.4 Å². The number of likely N-dealkylation sites (tertiary alicyclic amines) is 1. The highest BCUT2D eigenvalue weighted by molar-refractivity contribution is 5.86. The molecule has 8 heteroatoms. The molecule has 0 spiro atoms. The number of carbonyl (C=O) groups excluding carboxylic acids is 2. The molecule has 0 amide bonds. The number of nitro groups is 1. The van der Waals surface area contributed by atoms with Gasteiger partial charge in [0.15, 0.2) is 11.3 Å². The van der Waals surface area contributed by atoms with Crippen molar-refractivity contribution in [1.82, 2.24) is 0 Å². The molecule has 0 unspecified atom stereocenters. The molecular weight excluding hydrogens is 340 g/mol. The molecule has 1 fully saturated rings. The third-order valence-electron chi connectivity index (χ3n) is 5.29. The monoisotopic (exact) mass is 365 g/mol. The SMILES string of the molecule is CCC(=O)C(C)(C)[N+]1(COC(=O)Oc2ccc([N+](=O)[O-])cc2)CCCC1. The molecule has 0 bridgehead atoms. The van der Waals surface area contributed by atoms with Gasteiger partial charge in [-0.2, -0.15) is 0 Å². The van der Waals surface area contributed by atoms with Gasteiger partial charge in [-0.15, -0.1) is 0 Å². The quantitative estimate of drug-likeness (QED) is 0.241. The molecule has 1 aromatic carbocycles. The second-order valence-electron chi connectivity index (χ2n) is 7.01. The fraction of sp³-hybridized carbons (Fsp3) is 0.556. The van der Waals surface area contributed by atoms with E-state index in [-0.39, 0.29) is 24.0 Å². The number of quaternary nitrogens is 1. The van der Waals surface area contributed by atoms with E-state index in [4.69, 9.17) is 9.47 Å². The van der Waals surface area contributed by atoms with Crippen LogP contribution in [0.3, 0.4) is 0 Å². The Hall–Kier alpha value is -2.48. The van der Waals surface area contributed by atoms with Crippen LogP contribution in [0.2, 0.25) is 0 Å². The van der Waals surface area contributed by atoms with Crippen LogP contribution in [0.15, 0.2) is 24.3 Å². The summed E-state index contributed by atoms with van der Waals surface area (Å²) >= 11 is 0. The molecular formula is C18H25N2O6+. The van der Waals surface area contributed by atoms with E-state index in [9.17, 15) is 19.7 Å². The molecule has 1 saturated heterocycles. The molecule has 2 rings (SSSR count). The Labute approximate surface area is 152 Å². The van der Waals surface area contributed by atoms with E-state index in [2.05, 4.69) is 0 Å². The maximum absolute atomic E-state index is 12.4. The van der Waals surface area contributed by atoms with E-state index in [0.717, 1.165) is 25.9 Å². The number of rotatable bonds is 7. The first kappa shape index (κ1) is 19.8. The predicted molar refractivity (Wildman–Crippen MR) is 93.7 cm³/mol. The van der Waals surface area contributed by atoms with Gasteiger partial charge >= 0.3 is 6.16 Å². The summed E-state index contributed by atoms with van der Waals surface area (Å²) in [7, 11) is 0. The van der Waals surface area contributed by atoms with Gasteiger partial charge in [-0.25, -0.2) is 4.79 Å². The normalized spacial score (nSPS) is 16.1. The molecule has 0 aromatic heterocycles. The van der Waals surface area contributed by atoms with Gasteiger partial charge in [-0.1, -0.05) is 6.92 Å². The lowest BCUT2D eigenvalue weighted by molar-refractivity contribution is -0.966. The molecule has 0 saturated carbocycles. The van der Waals surface area contributed by atoms with Crippen molar-refractivity contribution in [3.8, 4) is 5.75 Å². The average Bonchev–Trinajstić information content (AvgIpc) is 3.10. The zero-order chi connectivity index (χ0) is 19.4. The Morgan fingerprint density at radius 3 is 2.27 bits per heavy atom. The van der Waals surface area contributed by atoms with E-state index in [1.807, 2.05) is 20.8 Å². The second-order valence-corrected chi connectivity index (χ2v) is 7.01. The summed E-state index contributed by atoms with van der Waals surface area (Å²) in [5.74, 6) is 0.296. The van der Waals surface area contributed by atoms with E-state index in [1.54, 1.807) is 0 Å². The van der Waals surface area contributed by atoms with E-state index in [0.29, 0.717) is 10.9 Å². The van der Waals surface area contributed by atoms with Crippen LogP contribution in [0, 0.1) is 10.1 Å². The largest absolute Gasteiger partial charge is 0.518 e. The first-order chi connectivity index (χ1) is 12.2. The Kier molecular flexibility index (Phi) is 5.97. The summed E-state index contributed by atoms with van der Waals surface area (Å²) in [6.45, 7) is 7.22. The molecule has 0 atom stereocenters. The van der Waals surface area contributed by atoms with E-state index in [1.165, 1.54) is 24.3 Å². The third-order valence-corrected chi connectivity index (χ3v) is 5.29. The molecule has 8 nitrogen and oxygen atoms in total. The van der Waals surface area contributed by atoms with E-state index >= 15 is 0 Å². The zero-order valence-corrected chi connectivity index (χ0v) is 15.4. The molecule has 1 heterocycles. The Balaban J connectivity index is 2.01. The minimum absolute atomic E-state index is 0.0601. The fourth-order valence-corrected chi connectivity index (χ4v) is 3.43. The lowest BCUT2D eigenvalue weighted by Crippen LogP contribution is -2.64. The molecule has 0 radical (unpaired) electrons. The highest BCUT2D eigenvalue weighted by atomic mass is 16.7. The number of ketones is 1. The number of hydrogen-bond acceptors (Lipinski definition) is 6. The summed E-state index contributed by atoms with van der Waals surface area (Å²) in [6.07, 6.45) is 1.49. The first-order valence-electron chi connectivity index (χ1n) is 8.70. The van der Waals surface area contributed by atoms with Crippen LogP contribution < -0.4 is 4.74 Å². The maximum Gasteiger partial charge on any atom is 0.518 e. The minimum Gasteiger partial charge on any atom is -0.395 e. The average molecular weight is 365 g/mol. The summed E-state index contributed by atoms with van der Waals surface area (Å²) < 4.78 is 10.8. The van der Waals surface area contributed by atoms with Crippen LogP contribution >= 0.6 is 0 Å². The summed E-state index contributed by atoms with van der Waals surface area (Å²) in [5, 5.41) is 10.6. The molecule has 26 heavy (non-hydrogen) atoms. The van der Waals surface area contributed by atoms with Crippen LogP contribution in [0.25, 0.3) is 0 Å². The Bertz CT molecular complexity index is 677. The van der Waals surface area contributed by atoms with Gasteiger partial charge < -0.3 is 9.47 Å². The van der Waals surface area contributed by atoms with E-state index < -0.39 is 16.6 Å². The number of ether oxygens (including phenoxy) is 2. The van der Waals surface area contributed by atoms with Gasteiger partial charge in [0.2, 0.25) is 6.73 Å². The molecule has 142 valence electrons. The van der Waals surface area contributed by atoms with Crippen LogP contribution in [0.1, 0.15) is 40.0 Å². The smallest absolute Gasteiger partial charge is 0.395 e. The summed E-state index contributed by atoms with van der Waals surface area (Å²) in [6, 6.07) is 5.18. The van der Waals surface area contributed by atoms with Gasteiger partial charge in [-0.3, -0.25) is 19.4 Å². The topological polar surface area (TPSA) is 95.7 Å². The van der Waals surface area contributed by atoms with Gasteiger partial charge in [-0.05, 0) is 26.0 Å². The van der Waals surface area contributed by atoms with Gasteiger partial charge in [0.25, 0.3) is 5.69 Å². The maximum atomic E-state index is 12.4. The summed E-state index contributed by atoms with van der Waals surface area (Å²) in [5.41, 5.74) is -0.731. The van der Waals surface area contributed by atoms with Crippen molar-refractivity contribution < 1.29 is 28.5 Å². The number of Topliss-reactive ketones (excluding diaryl/α,β-unsaturated/α-hetero) is 1. The fourth-order valence-electron chi connectivity index (χ4n) is 3.43. The lowest BCUT2D eigenvalue weighted by atomic mass is 9.92. The molecule has 1 aliphatic rings. The highest BCUT2D eigenvalue weighted by Crippen LogP contribution is 2.33. The molecule has 0 N–H and O–H groups in total. The minimum atomic E-state index is -0.886. The molecule has 1 aromatic rings. The van der Waals surface area contributed by atoms with Crippen molar-refractivity contribution in [1.29, 1.82) is 0 Å². The molecule has 0 aliphatic carbocycles. The van der Waals surface area contributed by atoms with Crippen LogP contribution in [0.5, 0.6) is 5.75 Å². The number of hydrogen-bond donors (Lipinski definition) is 0. The van der Waals surface area contributed by atoms with Crippen molar-refractivity contribution in [3.63, 3.8) is 0 Å². The third kappa shape index (κ3) is 4.01. The van der Waals surface area contributed by atoms with Crippen molar-refractivity contribution in [3.05, 3.63) is 34.4 Å². The van der Waals surface area contributed by atoms with Crippen molar-refractivity contribution in [2.45, 2.75) is 45.6 Å². The van der Waals surface area contributed by atoms with Gasteiger partial charge in [0.05, 0.1) is 18.0 Å². The number of nitrogens with zero attached hydrogens (tertiary/aromatic N) is 2. The molecule has 1 aliphatic heterocycles. The van der Waals surface area contributed by atoms with Crippen LogP contribution in [0.4, 0.5) is 10.5 Å². The van der Waals surface area contributed by atoms with Gasteiger partial charge in [0.1, 0.15) is 5.75 Å². The highest BCUT2D eigenvalue weighted by Gasteiger charge is 2.50. The second kappa shape index (κ2) is 7.82. The standard InChI is InChI=1S/C18H25N2O6/c1-4-16(21)18(2,3)20(11-5-6-12-20)13-25-17(22)26-15-9-7-14(8-10-15)19(23)24/h7-10H,4-6,11-13H2,1-3H3/q+1. The summed E-state index contributed by atoms with van der Waals surface area (Å²) in [4.78, 5) is 34.5. The van der Waals surface area contributed by atoms with Crippen LogP contribution in [-0.2, 0) is 9.53 Å². The number of carbonyl (C=O) groups is 2. The lowest BCUT2D eigenvalue weighted by Gasteiger charge is -2.45. The Morgan fingerprint density at radius 2 is 1.77 bits per heavy atom. The van der Waals surface area contributed by atoms with Crippen molar-refractivity contribution in [2.24, 2.45) is 0 Å². The van der Waals surface area contributed by atoms with Crippen molar-refractivity contribution in [2.75, 3.05) is 19.8 Å². The predicted octanol–water partition coefficient (Wildman–Crippen LogP) is 3.44. The number of nitro benzene ring substituents is 1. The first-order valence-corrected chi connectivity index (χ1v) is 8.70. The number of benzene rings is 1.